The minimum atomic E-state index is -0.926. The number of benzene rings is 2. The van der Waals surface area contributed by atoms with Crippen molar-refractivity contribution in [2.75, 3.05) is 24.1 Å². The van der Waals surface area contributed by atoms with Crippen molar-refractivity contribution in [1.29, 1.82) is 0 Å². The standard InChI is InChI=1S/C37H41N7O6/c1-22-15-16-29(35(48)39-22)44-36(49)25-10-8-11-27(33(25)37(44)50)40-31(46)13-4-2-3-5-14-32(47)43-19-17-23(18-20-43)26-21-28(41-42-34(26)38)24-9-6-7-12-30(24)45/h6-12,21,23,29,45H,1-5,13-20H2,(H2,38,42)(H,39,48)(H,40,46). The van der Waals surface area contributed by atoms with E-state index in [2.05, 4.69) is 27.4 Å². The Kier molecular flexibility index (Phi) is 10.2. The van der Waals surface area contributed by atoms with E-state index in [9.17, 15) is 29.1 Å². The zero-order valence-electron chi connectivity index (χ0n) is 27.8. The fraction of sp³-hybridized carbons (Fsp3) is 0.378. The molecule has 0 saturated carbocycles. The van der Waals surface area contributed by atoms with Crippen LogP contribution >= 0.6 is 0 Å². The monoisotopic (exact) mass is 679 g/mol. The SMILES string of the molecule is C=C1CCC(N2C(=O)c3cccc(NC(=O)CCCCCCC(=O)N4CCC(c5cc(-c6ccccc6O)nnc5N)CC4)c3C2=O)C(=O)N1. The lowest BCUT2D eigenvalue weighted by atomic mass is 9.89. The third-order valence-electron chi connectivity index (χ3n) is 9.72. The van der Waals surface area contributed by atoms with Gasteiger partial charge in [0.15, 0.2) is 0 Å². The highest BCUT2D eigenvalue weighted by Gasteiger charge is 2.45. The number of piperidine rings is 2. The van der Waals surface area contributed by atoms with Gasteiger partial charge in [0.1, 0.15) is 17.6 Å². The van der Waals surface area contributed by atoms with Gasteiger partial charge in [0.2, 0.25) is 17.7 Å². The highest BCUT2D eigenvalue weighted by atomic mass is 16.3. The molecule has 3 aliphatic heterocycles. The average molecular weight is 680 g/mol. The van der Waals surface area contributed by atoms with E-state index < -0.39 is 23.8 Å². The van der Waals surface area contributed by atoms with Gasteiger partial charge in [-0.05, 0) is 74.8 Å². The molecule has 13 heteroatoms. The molecule has 6 rings (SSSR count). The molecule has 50 heavy (non-hydrogen) atoms. The van der Waals surface area contributed by atoms with E-state index in [-0.39, 0.29) is 46.7 Å². The lowest BCUT2D eigenvalue weighted by molar-refractivity contribution is -0.132. The zero-order valence-corrected chi connectivity index (χ0v) is 27.8. The number of unbranched alkanes of at least 4 members (excludes halogenated alkanes) is 3. The molecule has 3 aromatic rings. The van der Waals surface area contributed by atoms with Crippen LogP contribution in [0.25, 0.3) is 11.3 Å². The number of phenols is 1. The number of likely N-dealkylation sites (tertiary alicyclic amines) is 1. The number of aromatic hydroxyl groups is 1. The summed E-state index contributed by atoms with van der Waals surface area (Å²) in [5, 5.41) is 23.9. The Morgan fingerprint density at radius 2 is 1.64 bits per heavy atom. The minimum absolute atomic E-state index is 0.101. The Morgan fingerprint density at radius 1 is 0.920 bits per heavy atom. The highest BCUT2D eigenvalue weighted by molar-refractivity contribution is 6.25. The number of phenolic OH excluding ortho intramolecular Hbond substituents is 1. The van der Waals surface area contributed by atoms with E-state index in [1.807, 2.05) is 17.0 Å². The molecule has 0 bridgehead atoms. The molecule has 0 aliphatic carbocycles. The van der Waals surface area contributed by atoms with Crippen LogP contribution in [0.3, 0.4) is 0 Å². The second-order valence-electron chi connectivity index (χ2n) is 13.1. The highest BCUT2D eigenvalue weighted by Crippen LogP contribution is 2.36. The fourth-order valence-corrected chi connectivity index (χ4v) is 6.99. The first-order valence-corrected chi connectivity index (χ1v) is 17.1. The summed E-state index contributed by atoms with van der Waals surface area (Å²) < 4.78 is 0. The number of carbonyl (C=O) groups excluding carboxylic acids is 5. The van der Waals surface area contributed by atoms with Crippen molar-refractivity contribution < 1.29 is 29.1 Å². The molecule has 2 saturated heterocycles. The quantitative estimate of drug-likeness (QED) is 0.167. The topological polar surface area (TPSA) is 188 Å². The van der Waals surface area contributed by atoms with Crippen molar-refractivity contribution >= 4 is 41.0 Å². The largest absolute Gasteiger partial charge is 0.507 e. The van der Waals surface area contributed by atoms with Crippen LogP contribution in [0, 0.1) is 0 Å². The van der Waals surface area contributed by atoms with Gasteiger partial charge in [0.25, 0.3) is 11.8 Å². The maximum Gasteiger partial charge on any atom is 0.264 e. The van der Waals surface area contributed by atoms with Crippen LogP contribution in [0.4, 0.5) is 11.5 Å². The van der Waals surface area contributed by atoms with Gasteiger partial charge in [-0.25, -0.2) is 0 Å². The number of amides is 5. The summed E-state index contributed by atoms with van der Waals surface area (Å²) in [6, 6.07) is 12.6. The van der Waals surface area contributed by atoms with Gasteiger partial charge in [-0.2, -0.15) is 0 Å². The number of hydrogen-bond acceptors (Lipinski definition) is 9. The van der Waals surface area contributed by atoms with Gasteiger partial charge < -0.3 is 26.4 Å². The Morgan fingerprint density at radius 3 is 2.38 bits per heavy atom. The summed E-state index contributed by atoms with van der Waals surface area (Å²) in [6.45, 7) is 4.99. The number of hydrogen-bond donors (Lipinski definition) is 4. The predicted molar refractivity (Wildman–Crippen MR) is 186 cm³/mol. The molecule has 0 spiro atoms. The summed E-state index contributed by atoms with van der Waals surface area (Å²) in [6.07, 6.45) is 5.81. The van der Waals surface area contributed by atoms with Crippen molar-refractivity contribution in [3.05, 3.63) is 77.5 Å². The number of allylic oxidation sites excluding steroid dienone is 1. The van der Waals surface area contributed by atoms with E-state index in [0.29, 0.717) is 68.0 Å². The van der Waals surface area contributed by atoms with Crippen LogP contribution in [0.1, 0.15) is 96.4 Å². The number of nitrogens with zero attached hydrogens (tertiary/aromatic N) is 4. The van der Waals surface area contributed by atoms with Gasteiger partial charge in [0, 0.05) is 42.8 Å². The summed E-state index contributed by atoms with van der Waals surface area (Å²) in [5.41, 5.74) is 9.28. The Balaban J connectivity index is 0.916. The molecular weight excluding hydrogens is 638 g/mol. The molecule has 260 valence electrons. The van der Waals surface area contributed by atoms with E-state index in [1.165, 1.54) is 6.07 Å². The molecule has 5 N–H and O–H groups in total. The molecular formula is C37H41N7O6. The molecule has 0 radical (unpaired) electrons. The molecule has 1 unspecified atom stereocenters. The van der Waals surface area contributed by atoms with E-state index >= 15 is 0 Å². The number of imide groups is 1. The molecule has 2 fully saturated rings. The Labute approximate surface area is 289 Å². The van der Waals surface area contributed by atoms with Crippen LogP contribution in [-0.4, -0.2) is 73.8 Å². The molecule has 3 aliphatic rings. The second kappa shape index (κ2) is 14.9. The summed E-state index contributed by atoms with van der Waals surface area (Å²) in [7, 11) is 0. The molecule has 13 nitrogen and oxygen atoms in total. The third kappa shape index (κ3) is 7.21. The number of aromatic nitrogens is 2. The smallest absolute Gasteiger partial charge is 0.264 e. The number of carbonyl (C=O) groups is 5. The van der Waals surface area contributed by atoms with Crippen molar-refractivity contribution in [2.24, 2.45) is 0 Å². The molecule has 1 aromatic heterocycles. The summed E-state index contributed by atoms with van der Waals surface area (Å²) in [5.74, 6) is -1.14. The number of rotatable bonds is 11. The van der Waals surface area contributed by atoms with Gasteiger partial charge in [-0.15, -0.1) is 10.2 Å². The van der Waals surface area contributed by atoms with Gasteiger partial charge in [-0.3, -0.25) is 28.9 Å². The van der Waals surface area contributed by atoms with E-state index in [4.69, 9.17) is 5.73 Å². The molecule has 1 atom stereocenters. The average Bonchev–Trinajstić information content (AvgIpc) is 3.36. The first kappa shape index (κ1) is 34.3. The van der Waals surface area contributed by atoms with E-state index in [0.717, 1.165) is 36.1 Å². The maximum atomic E-state index is 13.3. The number of para-hydroxylation sites is 1. The first-order valence-electron chi connectivity index (χ1n) is 17.1. The number of fused-ring (bicyclic) bond motifs is 1. The van der Waals surface area contributed by atoms with Crippen LogP contribution in [-0.2, 0) is 14.4 Å². The predicted octanol–water partition coefficient (Wildman–Crippen LogP) is 4.51. The maximum absolute atomic E-state index is 13.3. The first-order chi connectivity index (χ1) is 24.1. The van der Waals surface area contributed by atoms with Crippen LogP contribution in [0.2, 0.25) is 0 Å². The van der Waals surface area contributed by atoms with Gasteiger partial charge in [-0.1, -0.05) is 37.6 Å². The van der Waals surface area contributed by atoms with Gasteiger partial charge >= 0.3 is 0 Å². The van der Waals surface area contributed by atoms with Crippen LogP contribution < -0.4 is 16.4 Å². The van der Waals surface area contributed by atoms with Crippen molar-refractivity contribution in [3.8, 4) is 17.0 Å². The number of anilines is 2. The van der Waals surface area contributed by atoms with Crippen LogP contribution in [0.15, 0.2) is 60.8 Å². The normalized spacial score (nSPS) is 17.9. The van der Waals surface area contributed by atoms with Crippen LogP contribution in [0.5, 0.6) is 5.75 Å². The summed E-state index contributed by atoms with van der Waals surface area (Å²) in [4.78, 5) is 67.5. The lowest BCUT2D eigenvalue weighted by Gasteiger charge is -2.32. The number of nitrogens with two attached hydrogens (primary N) is 1. The number of nitrogen functional groups attached to an aromatic ring is 1. The van der Waals surface area contributed by atoms with Crippen molar-refractivity contribution in [2.45, 2.75) is 76.2 Å². The van der Waals surface area contributed by atoms with Crippen molar-refractivity contribution in [3.63, 3.8) is 0 Å². The lowest BCUT2D eigenvalue weighted by Crippen LogP contribution is -2.51. The second-order valence-corrected chi connectivity index (χ2v) is 13.1. The zero-order chi connectivity index (χ0) is 35.4. The fourth-order valence-electron chi connectivity index (χ4n) is 6.99. The van der Waals surface area contributed by atoms with E-state index in [1.54, 1.807) is 30.3 Å². The third-order valence-corrected chi connectivity index (χ3v) is 9.72. The Bertz CT molecular complexity index is 1850. The van der Waals surface area contributed by atoms with Crippen molar-refractivity contribution in [1.82, 2.24) is 25.3 Å². The van der Waals surface area contributed by atoms with Gasteiger partial charge in [0.05, 0.1) is 22.5 Å². The minimum Gasteiger partial charge on any atom is -0.507 e. The molecule has 5 amide bonds. The number of nitrogens with one attached hydrogen (secondary N) is 2. The summed E-state index contributed by atoms with van der Waals surface area (Å²) >= 11 is 0. The molecule has 2 aromatic carbocycles. The molecule has 4 heterocycles. The Hall–Kier alpha value is -5.59.